The van der Waals surface area contributed by atoms with Gasteiger partial charge in [-0.2, -0.15) is 13.2 Å². The van der Waals surface area contributed by atoms with Crippen molar-refractivity contribution in [3.05, 3.63) is 57.5 Å². The van der Waals surface area contributed by atoms with Gasteiger partial charge in [-0.05, 0) is 24.3 Å². The number of fused-ring (bicyclic) bond motifs is 1. The standard InChI is InChI=1S/C17H12ClF3N2O4/c1-23(15(24)17(19,20)21)8-9-2-3-10(18)6-13(9)26-11-4-5-12-14(7-11)27-16(25)22-12/h2-7H,8H2,1H3,(H,22,25). The molecule has 0 aliphatic rings. The van der Waals surface area contributed by atoms with Gasteiger partial charge in [0.1, 0.15) is 11.5 Å². The summed E-state index contributed by atoms with van der Waals surface area (Å²) in [5.41, 5.74) is 1.04. The Morgan fingerprint density at radius 2 is 2.00 bits per heavy atom. The molecule has 27 heavy (non-hydrogen) atoms. The van der Waals surface area contributed by atoms with Crippen LogP contribution in [0, 0.1) is 0 Å². The third-order valence-electron chi connectivity index (χ3n) is 3.65. The minimum atomic E-state index is -4.97. The highest BCUT2D eigenvalue weighted by molar-refractivity contribution is 6.30. The molecule has 6 nitrogen and oxygen atoms in total. The maximum Gasteiger partial charge on any atom is 0.471 e. The number of hydrogen-bond acceptors (Lipinski definition) is 4. The first-order valence-electron chi connectivity index (χ1n) is 7.55. The lowest BCUT2D eigenvalue weighted by Crippen LogP contribution is -2.38. The summed E-state index contributed by atoms with van der Waals surface area (Å²) in [5, 5.41) is 0.299. The summed E-state index contributed by atoms with van der Waals surface area (Å²) in [6.45, 7) is -0.341. The number of alkyl halides is 3. The van der Waals surface area contributed by atoms with Gasteiger partial charge in [-0.25, -0.2) is 4.79 Å². The van der Waals surface area contributed by atoms with Gasteiger partial charge >= 0.3 is 17.8 Å². The number of amides is 1. The molecule has 0 fully saturated rings. The van der Waals surface area contributed by atoms with E-state index >= 15 is 0 Å². The average molecular weight is 401 g/mol. The number of carbonyl (C=O) groups excluding carboxylic acids is 1. The molecule has 1 N–H and O–H groups in total. The van der Waals surface area contributed by atoms with E-state index in [-0.39, 0.29) is 23.6 Å². The van der Waals surface area contributed by atoms with E-state index in [1.54, 1.807) is 12.1 Å². The Balaban J connectivity index is 1.89. The van der Waals surface area contributed by atoms with Crippen LogP contribution in [0.1, 0.15) is 5.56 Å². The molecule has 3 aromatic rings. The Morgan fingerprint density at radius 1 is 1.26 bits per heavy atom. The molecule has 0 bridgehead atoms. The molecule has 0 spiro atoms. The molecular formula is C17H12ClF3N2O4. The highest BCUT2D eigenvalue weighted by atomic mass is 35.5. The number of nitrogens with zero attached hydrogens (tertiary/aromatic N) is 1. The zero-order chi connectivity index (χ0) is 19.8. The maximum absolute atomic E-state index is 12.6. The molecule has 2 aromatic carbocycles. The van der Waals surface area contributed by atoms with Crippen molar-refractivity contribution >= 4 is 28.6 Å². The predicted molar refractivity (Wildman–Crippen MR) is 90.9 cm³/mol. The summed E-state index contributed by atoms with van der Waals surface area (Å²) in [6, 6.07) is 8.90. The van der Waals surface area contributed by atoms with Gasteiger partial charge in [0, 0.05) is 30.2 Å². The minimum Gasteiger partial charge on any atom is -0.457 e. The van der Waals surface area contributed by atoms with E-state index in [1.807, 2.05) is 0 Å². The third-order valence-corrected chi connectivity index (χ3v) is 3.88. The molecule has 0 atom stereocenters. The normalized spacial score (nSPS) is 11.6. The fourth-order valence-corrected chi connectivity index (χ4v) is 2.58. The van der Waals surface area contributed by atoms with Gasteiger partial charge in [-0.1, -0.05) is 17.7 Å². The van der Waals surface area contributed by atoms with Crippen LogP contribution in [0.25, 0.3) is 11.1 Å². The molecule has 142 valence electrons. The first-order chi connectivity index (χ1) is 12.6. The van der Waals surface area contributed by atoms with Gasteiger partial charge in [0.25, 0.3) is 0 Å². The third kappa shape index (κ3) is 4.25. The quantitative estimate of drug-likeness (QED) is 0.715. The first-order valence-corrected chi connectivity index (χ1v) is 7.93. The zero-order valence-corrected chi connectivity index (χ0v) is 14.5. The number of aromatic amines is 1. The zero-order valence-electron chi connectivity index (χ0n) is 13.8. The molecule has 1 heterocycles. The number of aromatic nitrogens is 1. The summed E-state index contributed by atoms with van der Waals surface area (Å²) in [5.74, 6) is -2.16. The summed E-state index contributed by atoms with van der Waals surface area (Å²) in [6.07, 6.45) is -4.97. The van der Waals surface area contributed by atoms with Gasteiger partial charge in [0.15, 0.2) is 5.58 Å². The van der Waals surface area contributed by atoms with Gasteiger partial charge in [-0.3, -0.25) is 9.78 Å². The average Bonchev–Trinajstić information content (AvgIpc) is 2.95. The van der Waals surface area contributed by atoms with Crippen LogP contribution in [0.15, 0.2) is 45.6 Å². The van der Waals surface area contributed by atoms with Crippen molar-refractivity contribution in [3.8, 4) is 11.5 Å². The van der Waals surface area contributed by atoms with Crippen molar-refractivity contribution in [2.45, 2.75) is 12.7 Å². The lowest BCUT2D eigenvalue weighted by Gasteiger charge is -2.20. The predicted octanol–water partition coefficient (Wildman–Crippen LogP) is 4.09. The molecule has 10 heteroatoms. The van der Waals surface area contributed by atoms with Crippen LogP contribution in [0.5, 0.6) is 11.5 Å². The van der Waals surface area contributed by atoms with Crippen LogP contribution < -0.4 is 10.5 Å². The van der Waals surface area contributed by atoms with Crippen LogP contribution in [0.3, 0.4) is 0 Å². The minimum absolute atomic E-state index is 0.168. The molecule has 0 saturated carbocycles. The number of nitrogens with one attached hydrogen (secondary N) is 1. The number of benzene rings is 2. The monoisotopic (exact) mass is 400 g/mol. The van der Waals surface area contributed by atoms with E-state index in [1.165, 1.54) is 24.3 Å². The van der Waals surface area contributed by atoms with E-state index in [9.17, 15) is 22.8 Å². The van der Waals surface area contributed by atoms with Crippen molar-refractivity contribution in [2.75, 3.05) is 7.05 Å². The smallest absolute Gasteiger partial charge is 0.457 e. The van der Waals surface area contributed by atoms with Crippen molar-refractivity contribution in [1.29, 1.82) is 0 Å². The number of hydrogen-bond donors (Lipinski definition) is 1. The van der Waals surface area contributed by atoms with Crippen molar-refractivity contribution < 1.29 is 27.1 Å². The van der Waals surface area contributed by atoms with Crippen LogP contribution in [0.2, 0.25) is 5.02 Å². The number of ether oxygens (including phenoxy) is 1. The lowest BCUT2D eigenvalue weighted by atomic mass is 10.2. The molecule has 0 unspecified atom stereocenters. The fourth-order valence-electron chi connectivity index (χ4n) is 2.41. The summed E-state index contributed by atoms with van der Waals surface area (Å²) in [7, 11) is 1.04. The Bertz CT molecular complexity index is 1060. The van der Waals surface area contributed by atoms with E-state index in [2.05, 4.69) is 4.98 Å². The first kappa shape index (κ1) is 18.8. The Kier molecular flexibility index (Phi) is 4.88. The number of halogens is 4. The van der Waals surface area contributed by atoms with E-state index in [4.69, 9.17) is 20.8 Å². The van der Waals surface area contributed by atoms with Crippen LogP contribution >= 0.6 is 11.6 Å². The van der Waals surface area contributed by atoms with E-state index in [0.717, 1.165) is 7.05 Å². The molecule has 0 saturated heterocycles. The topological polar surface area (TPSA) is 75.5 Å². The highest BCUT2D eigenvalue weighted by Gasteiger charge is 2.41. The van der Waals surface area contributed by atoms with E-state index < -0.39 is 17.8 Å². The largest absolute Gasteiger partial charge is 0.471 e. The van der Waals surface area contributed by atoms with Crippen molar-refractivity contribution in [2.24, 2.45) is 0 Å². The number of rotatable bonds is 4. The Hall–Kier alpha value is -2.94. The molecule has 3 rings (SSSR count). The molecular weight excluding hydrogens is 389 g/mol. The number of oxazole rings is 1. The Morgan fingerprint density at radius 3 is 2.70 bits per heavy atom. The molecule has 0 radical (unpaired) electrons. The van der Waals surface area contributed by atoms with E-state index in [0.29, 0.717) is 21.0 Å². The van der Waals surface area contributed by atoms with Crippen molar-refractivity contribution in [3.63, 3.8) is 0 Å². The highest BCUT2D eigenvalue weighted by Crippen LogP contribution is 2.31. The van der Waals surface area contributed by atoms with Crippen LogP contribution in [-0.4, -0.2) is 29.0 Å². The Labute approximate surface area is 155 Å². The maximum atomic E-state index is 12.6. The molecule has 1 aromatic heterocycles. The second kappa shape index (κ2) is 6.99. The fraction of sp³-hybridized carbons (Fsp3) is 0.176. The summed E-state index contributed by atoms with van der Waals surface area (Å²) >= 11 is 5.95. The molecule has 0 aliphatic heterocycles. The van der Waals surface area contributed by atoms with Crippen LogP contribution in [-0.2, 0) is 11.3 Å². The second-order valence-electron chi connectivity index (χ2n) is 5.69. The summed E-state index contributed by atoms with van der Waals surface area (Å²) in [4.78, 5) is 25.6. The van der Waals surface area contributed by atoms with Crippen LogP contribution in [0.4, 0.5) is 13.2 Å². The SMILES string of the molecule is CN(Cc1ccc(Cl)cc1Oc1ccc2[nH]c(=O)oc2c1)C(=O)C(F)(F)F. The van der Waals surface area contributed by atoms with Gasteiger partial charge in [0.05, 0.1) is 5.52 Å². The second-order valence-corrected chi connectivity index (χ2v) is 6.12. The number of carbonyl (C=O) groups is 1. The molecule has 0 aliphatic carbocycles. The number of H-pyrrole nitrogens is 1. The van der Waals surface area contributed by atoms with Gasteiger partial charge < -0.3 is 14.1 Å². The van der Waals surface area contributed by atoms with Gasteiger partial charge in [-0.15, -0.1) is 0 Å². The van der Waals surface area contributed by atoms with Gasteiger partial charge in [0.2, 0.25) is 0 Å². The van der Waals surface area contributed by atoms with Crippen molar-refractivity contribution in [1.82, 2.24) is 9.88 Å². The lowest BCUT2D eigenvalue weighted by molar-refractivity contribution is -0.184. The molecule has 1 amide bonds. The summed E-state index contributed by atoms with van der Waals surface area (Å²) < 4.78 is 48.4.